The highest BCUT2D eigenvalue weighted by molar-refractivity contribution is 5.63. The molecule has 0 spiro atoms. The van der Waals surface area contributed by atoms with Crippen molar-refractivity contribution in [3.8, 4) is 11.1 Å². The summed E-state index contributed by atoms with van der Waals surface area (Å²) < 4.78 is 0. The molecule has 2 aromatic carbocycles. The van der Waals surface area contributed by atoms with E-state index >= 15 is 0 Å². The number of hydrogen-bond acceptors (Lipinski definition) is 0. The molecule has 0 unspecified atom stereocenters. The van der Waals surface area contributed by atoms with Gasteiger partial charge in [0.15, 0.2) is 0 Å². The molecule has 0 aromatic heterocycles. The highest BCUT2D eigenvalue weighted by Crippen LogP contribution is 2.24. The summed E-state index contributed by atoms with van der Waals surface area (Å²) in [5.74, 6) is 0.826. The smallest absolute Gasteiger partial charge is 0.0184 e. The van der Waals surface area contributed by atoms with Crippen LogP contribution in [-0.2, 0) is 6.42 Å². The molecule has 18 heavy (non-hydrogen) atoms. The van der Waals surface area contributed by atoms with Gasteiger partial charge in [0, 0.05) is 0 Å². The molecule has 2 aromatic rings. The summed E-state index contributed by atoms with van der Waals surface area (Å²) in [6, 6.07) is 19.6. The molecule has 0 atom stereocenters. The van der Waals surface area contributed by atoms with Crippen molar-refractivity contribution in [3.63, 3.8) is 0 Å². The second kappa shape index (κ2) is 5.22. The molecule has 0 fully saturated rings. The van der Waals surface area contributed by atoms with Crippen molar-refractivity contribution in [2.75, 3.05) is 0 Å². The lowest BCUT2D eigenvalue weighted by Gasteiger charge is -2.09. The second-order valence-electron chi connectivity index (χ2n) is 5.08. The molecule has 0 heteroatoms. The Kier molecular flexibility index (Phi) is 3.27. The van der Waals surface area contributed by atoms with Crippen molar-refractivity contribution in [2.45, 2.75) is 19.3 Å². The van der Waals surface area contributed by atoms with Crippen LogP contribution in [0.1, 0.15) is 18.4 Å². The predicted octanol–water partition coefficient (Wildman–Crippen LogP) is 4.86. The van der Waals surface area contributed by atoms with Gasteiger partial charge in [0.1, 0.15) is 0 Å². The van der Waals surface area contributed by atoms with E-state index in [2.05, 4.69) is 66.7 Å². The zero-order valence-electron chi connectivity index (χ0n) is 10.5. The third-order valence-corrected chi connectivity index (χ3v) is 3.69. The van der Waals surface area contributed by atoms with Gasteiger partial charge in [-0.15, -0.1) is 0 Å². The van der Waals surface area contributed by atoms with Gasteiger partial charge in [-0.1, -0.05) is 66.7 Å². The first-order valence-corrected chi connectivity index (χ1v) is 6.71. The van der Waals surface area contributed by atoms with E-state index in [1.165, 1.54) is 36.0 Å². The molecule has 0 saturated carbocycles. The summed E-state index contributed by atoms with van der Waals surface area (Å²) in [5.41, 5.74) is 4.07. The van der Waals surface area contributed by atoms with Gasteiger partial charge < -0.3 is 0 Å². The van der Waals surface area contributed by atoms with Crippen LogP contribution < -0.4 is 0 Å². The SMILES string of the molecule is C1=CCC(Cc2ccc(-c3ccccc3)cc2)C1. The monoisotopic (exact) mass is 234 g/mol. The maximum atomic E-state index is 2.31. The van der Waals surface area contributed by atoms with Crippen molar-refractivity contribution in [2.24, 2.45) is 5.92 Å². The Balaban J connectivity index is 1.73. The van der Waals surface area contributed by atoms with Gasteiger partial charge in [0.25, 0.3) is 0 Å². The lowest BCUT2D eigenvalue weighted by atomic mass is 9.95. The van der Waals surface area contributed by atoms with E-state index in [0.717, 1.165) is 5.92 Å². The summed E-state index contributed by atoms with van der Waals surface area (Å²) >= 11 is 0. The van der Waals surface area contributed by atoms with Crippen molar-refractivity contribution in [3.05, 3.63) is 72.3 Å². The van der Waals surface area contributed by atoms with Gasteiger partial charge in [-0.25, -0.2) is 0 Å². The molecule has 0 radical (unpaired) electrons. The number of rotatable bonds is 3. The molecule has 0 aliphatic heterocycles. The third kappa shape index (κ3) is 2.53. The minimum absolute atomic E-state index is 0.826. The summed E-state index contributed by atoms with van der Waals surface area (Å²) in [7, 11) is 0. The maximum Gasteiger partial charge on any atom is -0.0184 e. The molecule has 1 aliphatic rings. The highest BCUT2D eigenvalue weighted by Gasteiger charge is 2.10. The van der Waals surface area contributed by atoms with E-state index < -0.39 is 0 Å². The third-order valence-electron chi connectivity index (χ3n) is 3.69. The Hall–Kier alpha value is -1.82. The van der Waals surface area contributed by atoms with Gasteiger partial charge >= 0.3 is 0 Å². The van der Waals surface area contributed by atoms with Crippen LogP contribution in [0, 0.1) is 5.92 Å². The largest absolute Gasteiger partial charge is 0.0882 e. The average molecular weight is 234 g/mol. The van der Waals surface area contributed by atoms with E-state index in [1.807, 2.05) is 0 Å². The maximum absolute atomic E-state index is 2.31. The first kappa shape index (κ1) is 11.3. The molecule has 3 rings (SSSR count). The van der Waals surface area contributed by atoms with E-state index in [-0.39, 0.29) is 0 Å². The van der Waals surface area contributed by atoms with E-state index in [1.54, 1.807) is 0 Å². The van der Waals surface area contributed by atoms with E-state index in [4.69, 9.17) is 0 Å². The number of allylic oxidation sites excluding steroid dienone is 2. The summed E-state index contributed by atoms with van der Waals surface area (Å²) in [6.45, 7) is 0. The van der Waals surface area contributed by atoms with Crippen molar-refractivity contribution >= 4 is 0 Å². The first-order chi connectivity index (χ1) is 8.92. The van der Waals surface area contributed by atoms with Crippen LogP contribution in [0.2, 0.25) is 0 Å². The van der Waals surface area contributed by atoms with Crippen molar-refractivity contribution < 1.29 is 0 Å². The molecule has 1 aliphatic carbocycles. The van der Waals surface area contributed by atoms with Crippen molar-refractivity contribution in [1.29, 1.82) is 0 Å². The molecule has 0 saturated heterocycles. The normalized spacial score (nSPS) is 15.1. The summed E-state index contributed by atoms with van der Waals surface area (Å²) in [6.07, 6.45) is 8.33. The van der Waals surface area contributed by atoms with Crippen LogP contribution in [0.25, 0.3) is 11.1 Å². The van der Waals surface area contributed by atoms with Crippen LogP contribution >= 0.6 is 0 Å². The molecule has 0 amide bonds. The average Bonchev–Trinajstić information content (AvgIpc) is 2.94. The molecular formula is C18H18. The number of benzene rings is 2. The van der Waals surface area contributed by atoms with Crippen LogP contribution in [0.4, 0.5) is 0 Å². The zero-order chi connectivity index (χ0) is 12.2. The fourth-order valence-electron chi connectivity index (χ4n) is 2.64. The predicted molar refractivity (Wildman–Crippen MR) is 77.4 cm³/mol. The van der Waals surface area contributed by atoms with E-state index in [9.17, 15) is 0 Å². The molecule has 0 N–H and O–H groups in total. The lowest BCUT2D eigenvalue weighted by molar-refractivity contribution is 0.567. The summed E-state index contributed by atoms with van der Waals surface area (Å²) in [4.78, 5) is 0. The van der Waals surface area contributed by atoms with Crippen molar-refractivity contribution in [1.82, 2.24) is 0 Å². The van der Waals surface area contributed by atoms with Gasteiger partial charge in [-0.2, -0.15) is 0 Å². The van der Waals surface area contributed by atoms with Gasteiger partial charge in [0.05, 0.1) is 0 Å². The van der Waals surface area contributed by atoms with Crippen LogP contribution in [0.15, 0.2) is 66.7 Å². The summed E-state index contributed by atoms with van der Waals surface area (Å²) in [5, 5.41) is 0. The molecular weight excluding hydrogens is 216 g/mol. The van der Waals surface area contributed by atoms with Gasteiger partial charge in [-0.05, 0) is 41.9 Å². The van der Waals surface area contributed by atoms with Crippen LogP contribution in [0.5, 0.6) is 0 Å². The van der Waals surface area contributed by atoms with Crippen LogP contribution in [0.3, 0.4) is 0 Å². The Morgan fingerprint density at radius 2 is 1.33 bits per heavy atom. The number of hydrogen-bond donors (Lipinski definition) is 0. The lowest BCUT2D eigenvalue weighted by Crippen LogP contribution is -1.98. The van der Waals surface area contributed by atoms with E-state index in [0.29, 0.717) is 0 Å². The highest BCUT2D eigenvalue weighted by atomic mass is 14.2. The molecule has 0 nitrogen and oxygen atoms in total. The Bertz CT molecular complexity index is 512. The van der Waals surface area contributed by atoms with Gasteiger partial charge in [-0.3, -0.25) is 0 Å². The Morgan fingerprint density at radius 3 is 2.00 bits per heavy atom. The topological polar surface area (TPSA) is 0 Å². The Labute approximate surface area is 109 Å². The minimum Gasteiger partial charge on any atom is -0.0882 e. The second-order valence-corrected chi connectivity index (χ2v) is 5.08. The fourth-order valence-corrected chi connectivity index (χ4v) is 2.64. The zero-order valence-corrected chi connectivity index (χ0v) is 10.5. The standard InChI is InChI=1S/C18H18/c1-2-8-17(9-3-1)18-12-10-16(11-13-18)14-15-6-4-5-7-15/h1-5,8-13,15H,6-7,14H2. The molecule has 90 valence electrons. The molecule has 0 heterocycles. The fraction of sp³-hybridized carbons (Fsp3) is 0.222. The molecule has 0 bridgehead atoms. The van der Waals surface area contributed by atoms with Gasteiger partial charge in [0.2, 0.25) is 0 Å². The quantitative estimate of drug-likeness (QED) is 0.665. The Morgan fingerprint density at radius 1 is 0.722 bits per heavy atom. The first-order valence-electron chi connectivity index (χ1n) is 6.71. The van der Waals surface area contributed by atoms with Crippen LogP contribution in [-0.4, -0.2) is 0 Å². The minimum atomic E-state index is 0.826.